The highest BCUT2D eigenvalue weighted by molar-refractivity contribution is 5.35. The lowest BCUT2D eigenvalue weighted by atomic mass is 10.00. The monoisotopic (exact) mass is 202 g/mol. The van der Waals surface area contributed by atoms with Gasteiger partial charge in [-0.1, -0.05) is 23.8 Å². The van der Waals surface area contributed by atoms with E-state index in [4.69, 9.17) is 4.42 Å². The fourth-order valence-corrected chi connectivity index (χ4v) is 1.73. The summed E-state index contributed by atoms with van der Waals surface area (Å²) >= 11 is 0. The molecule has 2 aromatic rings. The molecule has 0 amide bonds. The molecule has 0 radical (unpaired) electrons. The zero-order chi connectivity index (χ0) is 10.8. The van der Waals surface area contributed by atoms with Crippen LogP contribution < -0.4 is 0 Å². The zero-order valence-corrected chi connectivity index (χ0v) is 8.90. The van der Waals surface area contributed by atoms with E-state index in [0.717, 1.165) is 11.1 Å². The molecule has 1 aromatic heterocycles. The van der Waals surface area contributed by atoms with Crippen molar-refractivity contribution in [2.24, 2.45) is 0 Å². The third kappa shape index (κ3) is 1.95. The highest BCUT2D eigenvalue weighted by Crippen LogP contribution is 2.25. The number of rotatable bonds is 2. The summed E-state index contributed by atoms with van der Waals surface area (Å²) < 4.78 is 5.18. The van der Waals surface area contributed by atoms with Crippen LogP contribution in [0.4, 0.5) is 0 Å². The summed E-state index contributed by atoms with van der Waals surface area (Å²) in [6.07, 6.45) is 0.905. The van der Waals surface area contributed by atoms with E-state index in [1.54, 1.807) is 18.4 Å². The van der Waals surface area contributed by atoms with Crippen molar-refractivity contribution in [3.8, 4) is 0 Å². The summed E-state index contributed by atoms with van der Waals surface area (Å²) in [5.41, 5.74) is 3.18. The van der Waals surface area contributed by atoms with Crippen LogP contribution in [0.15, 0.2) is 41.0 Å². The Labute approximate surface area is 89.2 Å². The van der Waals surface area contributed by atoms with Crippen LogP contribution in [0.2, 0.25) is 0 Å². The van der Waals surface area contributed by atoms with E-state index in [1.807, 2.05) is 26.0 Å². The smallest absolute Gasteiger partial charge is 0.137 e. The Balaban J connectivity index is 2.38. The molecule has 0 spiro atoms. The Morgan fingerprint density at radius 2 is 2.00 bits per heavy atom. The molecule has 15 heavy (non-hydrogen) atoms. The Morgan fingerprint density at radius 3 is 2.60 bits per heavy atom. The second-order valence-corrected chi connectivity index (χ2v) is 3.78. The van der Waals surface area contributed by atoms with Crippen LogP contribution in [0.5, 0.6) is 0 Å². The van der Waals surface area contributed by atoms with Crippen molar-refractivity contribution < 1.29 is 9.52 Å². The predicted molar refractivity (Wildman–Crippen MR) is 58.7 cm³/mol. The van der Waals surface area contributed by atoms with Crippen molar-refractivity contribution in [1.82, 2.24) is 0 Å². The van der Waals surface area contributed by atoms with Gasteiger partial charge in [-0.15, -0.1) is 0 Å². The van der Waals surface area contributed by atoms with Crippen LogP contribution in [-0.4, -0.2) is 5.11 Å². The van der Waals surface area contributed by atoms with Gasteiger partial charge in [0.1, 0.15) is 11.9 Å². The summed E-state index contributed by atoms with van der Waals surface area (Å²) in [6.45, 7) is 4.03. The quantitative estimate of drug-likeness (QED) is 0.812. The van der Waals surface area contributed by atoms with Crippen LogP contribution in [-0.2, 0) is 0 Å². The van der Waals surface area contributed by atoms with Crippen molar-refractivity contribution in [2.75, 3.05) is 0 Å². The molecule has 1 heterocycles. The molecule has 0 saturated carbocycles. The normalized spacial score (nSPS) is 12.7. The number of aryl methyl sites for hydroxylation is 2. The minimum Gasteiger partial charge on any atom is -0.466 e. The van der Waals surface area contributed by atoms with Crippen molar-refractivity contribution >= 4 is 0 Å². The number of furan rings is 1. The lowest BCUT2D eigenvalue weighted by molar-refractivity contribution is 0.188. The van der Waals surface area contributed by atoms with E-state index < -0.39 is 6.10 Å². The Hall–Kier alpha value is -1.54. The second kappa shape index (κ2) is 3.91. The third-order valence-corrected chi connectivity index (χ3v) is 2.53. The molecule has 0 fully saturated rings. The highest BCUT2D eigenvalue weighted by atomic mass is 16.4. The molecular weight excluding hydrogens is 188 g/mol. The maximum absolute atomic E-state index is 10.1. The second-order valence-electron chi connectivity index (χ2n) is 3.78. The Bertz CT molecular complexity index is 444. The zero-order valence-electron chi connectivity index (χ0n) is 8.90. The van der Waals surface area contributed by atoms with E-state index in [2.05, 4.69) is 6.07 Å². The molecular formula is C13H14O2. The Morgan fingerprint density at radius 1 is 1.20 bits per heavy atom. The summed E-state index contributed by atoms with van der Waals surface area (Å²) in [4.78, 5) is 0. The topological polar surface area (TPSA) is 33.4 Å². The first-order valence-electron chi connectivity index (χ1n) is 4.97. The molecule has 2 heteroatoms. The van der Waals surface area contributed by atoms with E-state index in [-0.39, 0.29) is 0 Å². The van der Waals surface area contributed by atoms with Gasteiger partial charge in [0.05, 0.1) is 6.26 Å². The molecule has 0 aliphatic heterocycles. The van der Waals surface area contributed by atoms with Gasteiger partial charge in [-0.3, -0.25) is 0 Å². The first-order chi connectivity index (χ1) is 7.18. The molecule has 0 unspecified atom stereocenters. The van der Waals surface area contributed by atoms with Gasteiger partial charge in [0.2, 0.25) is 0 Å². The first kappa shape index (κ1) is 9.99. The van der Waals surface area contributed by atoms with Crippen molar-refractivity contribution in [3.63, 3.8) is 0 Å². The number of benzene rings is 1. The Kier molecular flexibility index (Phi) is 2.60. The highest BCUT2D eigenvalue weighted by Gasteiger charge is 2.14. The molecule has 0 bridgehead atoms. The van der Waals surface area contributed by atoms with E-state index >= 15 is 0 Å². The maximum Gasteiger partial charge on any atom is 0.137 e. The summed E-state index contributed by atoms with van der Waals surface area (Å²) in [5, 5.41) is 10.1. The minimum atomic E-state index is -0.666. The molecule has 1 N–H and O–H groups in total. The number of aliphatic hydroxyl groups is 1. The van der Waals surface area contributed by atoms with Crippen LogP contribution in [0, 0.1) is 13.8 Å². The first-order valence-corrected chi connectivity index (χ1v) is 4.97. The molecule has 0 aliphatic rings. The molecule has 2 nitrogen and oxygen atoms in total. The fourth-order valence-electron chi connectivity index (χ4n) is 1.73. The van der Waals surface area contributed by atoms with Crippen LogP contribution in [0.25, 0.3) is 0 Å². The molecule has 0 aliphatic carbocycles. The van der Waals surface area contributed by atoms with Gasteiger partial charge >= 0.3 is 0 Å². The van der Waals surface area contributed by atoms with E-state index in [9.17, 15) is 5.11 Å². The number of hydrogen-bond donors (Lipinski definition) is 1. The fraction of sp³-hybridized carbons (Fsp3) is 0.231. The molecule has 1 atom stereocenters. The summed E-state index contributed by atoms with van der Waals surface area (Å²) in [7, 11) is 0. The van der Waals surface area contributed by atoms with Crippen molar-refractivity contribution in [2.45, 2.75) is 20.0 Å². The standard InChI is InChI=1S/C13H14O2/c1-9-5-6-11(10(2)8-9)13(14)12-4-3-7-15-12/h3-8,13-14H,1-2H3/t13-/m1/s1. The maximum atomic E-state index is 10.1. The minimum absolute atomic E-state index is 0.585. The summed E-state index contributed by atoms with van der Waals surface area (Å²) in [6, 6.07) is 9.56. The van der Waals surface area contributed by atoms with Gasteiger partial charge < -0.3 is 9.52 Å². The molecule has 0 saturated heterocycles. The third-order valence-electron chi connectivity index (χ3n) is 2.53. The molecule has 1 aromatic carbocycles. The summed E-state index contributed by atoms with van der Waals surface area (Å²) in [5.74, 6) is 0.585. The lowest BCUT2D eigenvalue weighted by Gasteiger charge is -2.11. The van der Waals surface area contributed by atoms with Gasteiger partial charge in [-0.05, 0) is 37.1 Å². The van der Waals surface area contributed by atoms with Crippen LogP contribution >= 0.6 is 0 Å². The average molecular weight is 202 g/mol. The van der Waals surface area contributed by atoms with Gasteiger partial charge in [0.25, 0.3) is 0 Å². The SMILES string of the molecule is Cc1ccc([C@@H](O)c2ccco2)c(C)c1. The largest absolute Gasteiger partial charge is 0.466 e. The van der Waals surface area contributed by atoms with Crippen molar-refractivity contribution in [1.29, 1.82) is 0 Å². The predicted octanol–water partition coefficient (Wildman–Crippen LogP) is 2.98. The van der Waals surface area contributed by atoms with Gasteiger partial charge in [0.15, 0.2) is 0 Å². The van der Waals surface area contributed by atoms with Gasteiger partial charge in [-0.25, -0.2) is 0 Å². The van der Waals surface area contributed by atoms with E-state index in [1.165, 1.54) is 5.56 Å². The van der Waals surface area contributed by atoms with Crippen LogP contribution in [0.1, 0.15) is 28.6 Å². The van der Waals surface area contributed by atoms with Gasteiger partial charge in [-0.2, -0.15) is 0 Å². The number of aliphatic hydroxyl groups excluding tert-OH is 1. The molecule has 78 valence electrons. The van der Waals surface area contributed by atoms with Gasteiger partial charge in [0, 0.05) is 0 Å². The van der Waals surface area contributed by atoms with E-state index in [0.29, 0.717) is 5.76 Å². The average Bonchev–Trinajstić information content (AvgIpc) is 2.69. The number of hydrogen-bond acceptors (Lipinski definition) is 2. The molecule has 2 rings (SSSR count). The lowest BCUT2D eigenvalue weighted by Crippen LogP contribution is -2.00. The van der Waals surface area contributed by atoms with Crippen molar-refractivity contribution in [3.05, 3.63) is 59.0 Å². The van der Waals surface area contributed by atoms with Crippen LogP contribution in [0.3, 0.4) is 0 Å².